The SMILES string of the molecule is O=C(CSc1ccc([N+](=O)[O-])cc1)N1CCN(C2CCCC2)CC1. The van der Waals surface area contributed by atoms with Crippen LogP contribution in [0.3, 0.4) is 0 Å². The second kappa shape index (κ2) is 7.98. The van der Waals surface area contributed by atoms with Crippen molar-refractivity contribution in [1.29, 1.82) is 0 Å². The molecule has 0 N–H and O–H groups in total. The van der Waals surface area contributed by atoms with E-state index in [2.05, 4.69) is 4.90 Å². The highest BCUT2D eigenvalue weighted by molar-refractivity contribution is 8.00. The predicted molar refractivity (Wildman–Crippen MR) is 94.2 cm³/mol. The standard InChI is InChI=1S/C17H23N3O3S/c21-17(13-24-16-7-5-15(6-8-16)20(22)23)19-11-9-18(10-12-19)14-3-1-2-4-14/h5-8,14H,1-4,9-13H2. The van der Waals surface area contributed by atoms with E-state index in [0.29, 0.717) is 5.75 Å². The number of rotatable bonds is 5. The number of hydrogen-bond donors (Lipinski definition) is 0. The van der Waals surface area contributed by atoms with Crippen molar-refractivity contribution in [1.82, 2.24) is 9.80 Å². The number of amides is 1. The number of hydrogen-bond acceptors (Lipinski definition) is 5. The molecule has 0 bridgehead atoms. The third kappa shape index (κ3) is 4.27. The largest absolute Gasteiger partial charge is 0.339 e. The van der Waals surface area contributed by atoms with E-state index in [1.807, 2.05) is 4.90 Å². The lowest BCUT2D eigenvalue weighted by Crippen LogP contribution is -2.51. The van der Waals surface area contributed by atoms with E-state index in [9.17, 15) is 14.9 Å². The second-order valence-electron chi connectivity index (χ2n) is 6.39. The maximum absolute atomic E-state index is 12.4. The molecule has 130 valence electrons. The molecule has 0 atom stereocenters. The van der Waals surface area contributed by atoms with Gasteiger partial charge in [-0.1, -0.05) is 12.8 Å². The van der Waals surface area contributed by atoms with Gasteiger partial charge in [0.1, 0.15) is 0 Å². The molecule has 0 unspecified atom stereocenters. The lowest BCUT2D eigenvalue weighted by atomic mass is 10.2. The van der Waals surface area contributed by atoms with E-state index in [1.165, 1.54) is 49.6 Å². The number of thioether (sulfide) groups is 1. The van der Waals surface area contributed by atoms with Crippen molar-refractivity contribution in [2.75, 3.05) is 31.9 Å². The van der Waals surface area contributed by atoms with Crippen LogP contribution >= 0.6 is 11.8 Å². The smallest absolute Gasteiger partial charge is 0.269 e. The highest BCUT2D eigenvalue weighted by Crippen LogP contribution is 2.25. The normalized spacial score (nSPS) is 19.6. The van der Waals surface area contributed by atoms with E-state index in [-0.39, 0.29) is 11.6 Å². The third-order valence-electron chi connectivity index (χ3n) is 4.92. The predicted octanol–water partition coefficient (Wildman–Crippen LogP) is 2.77. The Bertz CT molecular complexity index is 579. The lowest BCUT2D eigenvalue weighted by molar-refractivity contribution is -0.384. The Hall–Kier alpha value is -1.60. The summed E-state index contributed by atoms with van der Waals surface area (Å²) in [7, 11) is 0. The molecule has 3 rings (SSSR count). The van der Waals surface area contributed by atoms with Crippen molar-refractivity contribution in [3.05, 3.63) is 34.4 Å². The van der Waals surface area contributed by atoms with Gasteiger partial charge in [0.25, 0.3) is 5.69 Å². The zero-order chi connectivity index (χ0) is 16.9. The Kier molecular flexibility index (Phi) is 5.73. The first-order valence-corrected chi connectivity index (χ1v) is 9.51. The molecule has 0 spiro atoms. The number of non-ortho nitro benzene ring substituents is 1. The Morgan fingerprint density at radius 1 is 1.12 bits per heavy atom. The molecular formula is C17H23N3O3S. The second-order valence-corrected chi connectivity index (χ2v) is 7.44. The van der Waals surface area contributed by atoms with Gasteiger partial charge in [0.15, 0.2) is 0 Å². The van der Waals surface area contributed by atoms with Gasteiger partial charge in [0.05, 0.1) is 10.7 Å². The quantitative estimate of drug-likeness (QED) is 0.464. The molecular weight excluding hydrogens is 326 g/mol. The third-order valence-corrected chi connectivity index (χ3v) is 5.91. The minimum Gasteiger partial charge on any atom is -0.339 e. The molecule has 1 heterocycles. The maximum Gasteiger partial charge on any atom is 0.269 e. The first-order chi connectivity index (χ1) is 11.6. The minimum absolute atomic E-state index is 0.0775. The monoisotopic (exact) mass is 349 g/mol. The Labute approximate surface area is 146 Å². The lowest BCUT2D eigenvalue weighted by Gasteiger charge is -2.38. The average molecular weight is 349 g/mol. The fourth-order valence-electron chi connectivity index (χ4n) is 3.51. The molecule has 2 aliphatic rings. The van der Waals surface area contributed by atoms with Gasteiger partial charge >= 0.3 is 0 Å². The van der Waals surface area contributed by atoms with Crippen molar-refractivity contribution in [3.63, 3.8) is 0 Å². The summed E-state index contributed by atoms with van der Waals surface area (Å²) in [6, 6.07) is 7.10. The van der Waals surface area contributed by atoms with E-state index in [0.717, 1.165) is 37.1 Å². The molecule has 1 aromatic rings. The van der Waals surface area contributed by atoms with Crippen LogP contribution in [0.5, 0.6) is 0 Å². The zero-order valence-corrected chi connectivity index (χ0v) is 14.5. The maximum atomic E-state index is 12.4. The van der Waals surface area contributed by atoms with E-state index >= 15 is 0 Å². The van der Waals surface area contributed by atoms with Crippen LogP contribution < -0.4 is 0 Å². The summed E-state index contributed by atoms with van der Waals surface area (Å²) in [5.41, 5.74) is 0.0775. The average Bonchev–Trinajstić information content (AvgIpc) is 3.15. The summed E-state index contributed by atoms with van der Waals surface area (Å²) in [5, 5.41) is 10.6. The van der Waals surface area contributed by atoms with Crippen LogP contribution in [0.2, 0.25) is 0 Å². The number of benzene rings is 1. The fourth-order valence-corrected chi connectivity index (χ4v) is 4.31. The number of nitro groups is 1. The first-order valence-electron chi connectivity index (χ1n) is 8.52. The molecule has 24 heavy (non-hydrogen) atoms. The van der Waals surface area contributed by atoms with Gasteiger partial charge in [-0.2, -0.15) is 0 Å². The highest BCUT2D eigenvalue weighted by atomic mass is 32.2. The van der Waals surface area contributed by atoms with Gasteiger partial charge in [-0.05, 0) is 25.0 Å². The van der Waals surface area contributed by atoms with Crippen LogP contribution in [-0.2, 0) is 4.79 Å². The molecule has 1 amide bonds. The topological polar surface area (TPSA) is 66.7 Å². The zero-order valence-electron chi connectivity index (χ0n) is 13.7. The van der Waals surface area contributed by atoms with Crippen LogP contribution in [0.1, 0.15) is 25.7 Å². The summed E-state index contributed by atoms with van der Waals surface area (Å²) in [6.07, 6.45) is 5.30. The molecule has 0 radical (unpaired) electrons. The summed E-state index contributed by atoms with van der Waals surface area (Å²) >= 11 is 1.44. The van der Waals surface area contributed by atoms with Gasteiger partial charge in [-0.15, -0.1) is 11.8 Å². The molecule has 7 heteroatoms. The molecule has 1 saturated heterocycles. The Morgan fingerprint density at radius 3 is 2.33 bits per heavy atom. The summed E-state index contributed by atoms with van der Waals surface area (Å²) in [5.74, 6) is 0.547. The first kappa shape index (κ1) is 17.2. The molecule has 1 saturated carbocycles. The molecule has 0 aromatic heterocycles. The molecule has 1 aromatic carbocycles. The molecule has 2 fully saturated rings. The van der Waals surface area contributed by atoms with Crippen molar-refractivity contribution in [2.24, 2.45) is 0 Å². The van der Waals surface area contributed by atoms with Gasteiger partial charge in [0, 0.05) is 49.2 Å². The number of piperazine rings is 1. The number of carbonyl (C=O) groups is 1. The minimum atomic E-state index is -0.413. The van der Waals surface area contributed by atoms with Gasteiger partial charge in [0.2, 0.25) is 5.91 Å². The van der Waals surface area contributed by atoms with Gasteiger partial charge < -0.3 is 4.90 Å². The number of nitro benzene ring substituents is 1. The van der Waals surface area contributed by atoms with Crippen molar-refractivity contribution in [2.45, 2.75) is 36.6 Å². The van der Waals surface area contributed by atoms with Crippen LogP contribution in [0.25, 0.3) is 0 Å². The van der Waals surface area contributed by atoms with Crippen LogP contribution in [0, 0.1) is 10.1 Å². The Balaban J connectivity index is 1.43. The van der Waals surface area contributed by atoms with Crippen molar-refractivity contribution < 1.29 is 9.72 Å². The van der Waals surface area contributed by atoms with Crippen molar-refractivity contribution in [3.8, 4) is 0 Å². The summed E-state index contributed by atoms with van der Waals surface area (Å²) in [6.45, 7) is 3.60. The molecule has 1 aliphatic carbocycles. The summed E-state index contributed by atoms with van der Waals surface area (Å²) in [4.78, 5) is 28.0. The van der Waals surface area contributed by atoms with Crippen LogP contribution in [0.4, 0.5) is 5.69 Å². The molecule has 1 aliphatic heterocycles. The fraction of sp³-hybridized carbons (Fsp3) is 0.588. The number of carbonyl (C=O) groups excluding carboxylic acids is 1. The van der Waals surface area contributed by atoms with Gasteiger partial charge in [-0.25, -0.2) is 0 Å². The number of nitrogens with zero attached hydrogens (tertiary/aromatic N) is 3. The summed E-state index contributed by atoms with van der Waals surface area (Å²) < 4.78 is 0. The van der Waals surface area contributed by atoms with E-state index < -0.39 is 4.92 Å². The van der Waals surface area contributed by atoms with Crippen LogP contribution in [0.15, 0.2) is 29.2 Å². The van der Waals surface area contributed by atoms with E-state index in [1.54, 1.807) is 12.1 Å². The van der Waals surface area contributed by atoms with E-state index in [4.69, 9.17) is 0 Å². The van der Waals surface area contributed by atoms with Crippen LogP contribution in [-0.4, -0.2) is 58.6 Å². The van der Waals surface area contributed by atoms with Crippen molar-refractivity contribution >= 4 is 23.4 Å². The van der Waals surface area contributed by atoms with Gasteiger partial charge in [-0.3, -0.25) is 19.8 Å². The Morgan fingerprint density at radius 2 is 1.75 bits per heavy atom. The molecule has 6 nitrogen and oxygen atoms in total. The highest BCUT2D eigenvalue weighted by Gasteiger charge is 2.27.